The van der Waals surface area contributed by atoms with Crippen molar-refractivity contribution in [3.63, 3.8) is 0 Å². The van der Waals surface area contributed by atoms with E-state index in [4.69, 9.17) is 4.74 Å². The van der Waals surface area contributed by atoms with E-state index < -0.39 is 0 Å². The van der Waals surface area contributed by atoms with E-state index in [-0.39, 0.29) is 5.82 Å². The Hall–Kier alpha value is -1.88. The zero-order valence-corrected chi connectivity index (χ0v) is 10.7. The van der Waals surface area contributed by atoms with Gasteiger partial charge in [-0.05, 0) is 19.2 Å². The van der Waals surface area contributed by atoms with Gasteiger partial charge in [0.25, 0.3) is 0 Å². The molecule has 0 saturated heterocycles. The normalized spacial score (nSPS) is 10.7. The number of benzene rings is 1. The molecular formula is C13H16FN3O. The third-order valence-corrected chi connectivity index (χ3v) is 2.70. The lowest BCUT2D eigenvalue weighted by atomic mass is 10.1. The second-order valence-electron chi connectivity index (χ2n) is 4.02. The van der Waals surface area contributed by atoms with Gasteiger partial charge < -0.3 is 10.1 Å². The third-order valence-electron chi connectivity index (χ3n) is 2.70. The van der Waals surface area contributed by atoms with Crippen molar-refractivity contribution in [1.29, 1.82) is 0 Å². The van der Waals surface area contributed by atoms with E-state index in [1.807, 2.05) is 20.3 Å². The van der Waals surface area contributed by atoms with Gasteiger partial charge in [0.1, 0.15) is 17.3 Å². The zero-order chi connectivity index (χ0) is 13.1. The molecule has 1 heterocycles. The molecule has 0 atom stereocenters. The van der Waals surface area contributed by atoms with Crippen LogP contribution in [0.3, 0.4) is 0 Å². The first kappa shape index (κ1) is 12.6. The van der Waals surface area contributed by atoms with Crippen molar-refractivity contribution in [2.45, 2.75) is 6.54 Å². The summed E-state index contributed by atoms with van der Waals surface area (Å²) in [5.41, 5.74) is 1.95. The number of hydrogen-bond donors (Lipinski definition) is 1. The lowest BCUT2D eigenvalue weighted by Crippen LogP contribution is -2.05. The second kappa shape index (κ2) is 5.18. The van der Waals surface area contributed by atoms with E-state index in [1.165, 1.54) is 13.2 Å². The fourth-order valence-corrected chi connectivity index (χ4v) is 1.97. The number of nitrogens with zero attached hydrogens (tertiary/aromatic N) is 2. The van der Waals surface area contributed by atoms with Crippen LogP contribution in [0.5, 0.6) is 5.75 Å². The second-order valence-corrected chi connectivity index (χ2v) is 4.02. The molecule has 1 aromatic carbocycles. The fraction of sp³-hybridized carbons (Fsp3) is 0.308. The Balaban J connectivity index is 2.60. The number of aromatic nitrogens is 2. The minimum absolute atomic E-state index is 0.328. The van der Waals surface area contributed by atoms with Crippen LogP contribution in [0.1, 0.15) is 5.56 Å². The highest BCUT2D eigenvalue weighted by Gasteiger charge is 2.18. The Morgan fingerprint density at radius 1 is 1.44 bits per heavy atom. The molecule has 0 aliphatic heterocycles. The minimum atomic E-state index is -0.328. The van der Waals surface area contributed by atoms with Crippen molar-refractivity contribution >= 4 is 0 Å². The number of ether oxygens (including phenoxy) is 1. The van der Waals surface area contributed by atoms with Crippen LogP contribution >= 0.6 is 0 Å². The largest absolute Gasteiger partial charge is 0.496 e. The average molecular weight is 249 g/mol. The maximum Gasteiger partial charge on any atom is 0.136 e. The molecular weight excluding hydrogens is 233 g/mol. The van der Waals surface area contributed by atoms with E-state index in [0.29, 0.717) is 23.6 Å². The lowest BCUT2D eigenvalue weighted by Gasteiger charge is -2.09. The lowest BCUT2D eigenvalue weighted by molar-refractivity contribution is 0.413. The summed E-state index contributed by atoms with van der Waals surface area (Å²) < 4.78 is 20.9. The number of halogens is 1. The molecule has 0 spiro atoms. The van der Waals surface area contributed by atoms with Gasteiger partial charge in [0, 0.05) is 25.4 Å². The van der Waals surface area contributed by atoms with Gasteiger partial charge in [0.2, 0.25) is 0 Å². The topological polar surface area (TPSA) is 39.1 Å². The van der Waals surface area contributed by atoms with Crippen molar-refractivity contribution in [2.75, 3.05) is 14.2 Å². The SMILES string of the molecule is CNCc1cn(C)nc1-c1c(F)cccc1OC. The van der Waals surface area contributed by atoms with Crippen LogP contribution < -0.4 is 10.1 Å². The number of nitrogens with one attached hydrogen (secondary N) is 1. The highest BCUT2D eigenvalue weighted by atomic mass is 19.1. The summed E-state index contributed by atoms with van der Waals surface area (Å²) in [6.07, 6.45) is 1.87. The van der Waals surface area contributed by atoms with Gasteiger partial charge in [-0.2, -0.15) is 5.10 Å². The third kappa shape index (κ3) is 2.22. The predicted octanol–water partition coefficient (Wildman–Crippen LogP) is 1.95. The number of rotatable bonds is 4. The molecule has 0 amide bonds. The molecule has 0 aliphatic rings. The quantitative estimate of drug-likeness (QED) is 0.900. The van der Waals surface area contributed by atoms with E-state index in [0.717, 1.165) is 5.56 Å². The Bertz CT molecular complexity index is 551. The molecule has 5 heteroatoms. The molecule has 2 aromatic rings. The Kier molecular flexibility index (Phi) is 3.62. The van der Waals surface area contributed by atoms with Crippen molar-refractivity contribution in [3.05, 3.63) is 35.8 Å². The molecule has 4 nitrogen and oxygen atoms in total. The maximum atomic E-state index is 14.0. The van der Waals surface area contributed by atoms with Crippen molar-refractivity contribution < 1.29 is 9.13 Å². The van der Waals surface area contributed by atoms with E-state index in [1.54, 1.807) is 16.8 Å². The van der Waals surface area contributed by atoms with Crippen molar-refractivity contribution in [3.8, 4) is 17.0 Å². The number of methoxy groups -OCH3 is 1. The van der Waals surface area contributed by atoms with Gasteiger partial charge in [-0.15, -0.1) is 0 Å². The Morgan fingerprint density at radius 3 is 2.89 bits per heavy atom. The molecule has 0 saturated carbocycles. The zero-order valence-electron chi connectivity index (χ0n) is 10.7. The standard InChI is InChI=1S/C13H16FN3O/c1-15-7-9-8-17(2)16-13(9)12-10(14)5-4-6-11(12)18-3/h4-6,8,15H,7H2,1-3H3. The monoisotopic (exact) mass is 249 g/mol. The first-order chi connectivity index (χ1) is 8.67. The first-order valence-corrected chi connectivity index (χ1v) is 5.67. The predicted molar refractivity (Wildman–Crippen MR) is 67.9 cm³/mol. The van der Waals surface area contributed by atoms with E-state index >= 15 is 0 Å². The minimum Gasteiger partial charge on any atom is -0.496 e. The summed E-state index contributed by atoms with van der Waals surface area (Å²) in [5, 5.41) is 7.37. The van der Waals surface area contributed by atoms with Crippen LogP contribution in [0.4, 0.5) is 4.39 Å². The summed E-state index contributed by atoms with van der Waals surface area (Å²) in [6.45, 7) is 0.626. The molecule has 18 heavy (non-hydrogen) atoms. The molecule has 1 N–H and O–H groups in total. The Labute approximate surface area is 105 Å². The first-order valence-electron chi connectivity index (χ1n) is 5.67. The Morgan fingerprint density at radius 2 is 2.22 bits per heavy atom. The molecule has 0 radical (unpaired) electrons. The summed E-state index contributed by atoms with van der Waals surface area (Å²) >= 11 is 0. The highest BCUT2D eigenvalue weighted by Crippen LogP contribution is 2.33. The van der Waals surface area contributed by atoms with Crippen LogP contribution in [0.25, 0.3) is 11.3 Å². The molecule has 0 bridgehead atoms. The summed E-state index contributed by atoms with van der Waals surface area (Å²) in [5.74, 6) is 0.163. The van der Waals surface area contributed by atoms with E-state index in [2.05, 4.69) is 10.4 Å². The average Bonchev–Trinajstić information content (AvgIpc) is 2.70. The number of hydrogen-bond acceptors (Lipinski definition) is 3. The summed E-state index contributed by atoms with van der Waals surface area (Å²) in [7, 11) is 5.18. The molecule has 2 rings (SSSR count). The van der Waals surface area contributed by atoms with Crippen LogP contribution in [0, 0.1) is 5.82 Å². The van der Waals surface area contributed by atoms with Gasteiger partial charge in [-0.25, -0.2) is 4.39 Å². The van der Waals surface area contributed by atoms with Gasteiger partial charge >= 0.3 is 0 Å². The highest BCUT2D eigenvalue weighted by molar-refractivity contribution is 5.70. The van der Waals surface area contributed by atoms with Crippen molar-refractivity contribution in [1.82, 2.24) is 15.1 Å². The van der Waals surface area contributed by atoms with E-state index in [9.17, 15) is 4.39 Å². The van der Waals surface area contributed by atoms with Crippen LogP contribution in [-0.4, -0.2) is 23.9 Å². The smallest absolute Gasteiger partial charge is 0.136 e. The maximum absolute atomic E-state index is 14.0. The molecule has 0 aliphatic carbocycles. The molecule has 0 fully saturated rings. The van der Waals surface area contributed by atoms with Crippen LogP contribution in [0.2, 0.25) is 0 Å². The van der Waals surface area contributed by atoms with Gasteiger partial charge in [0.15, 0.2) is 0 Å². The van der Waals surface area contributed by atoms with Crippen LogP contribution in [-0.2, 0) is 13.6 Å². The fourth-order valence-electron chi connectivity index (χ4n) is 1.97. The molecule has 96 valence electrons. The van der Waals surface area contributed by atoms with Gasteiger partial charge in [0.05, 0.1) is 12.7 Å². The van der Waals surface area contributed by atoms with Gasteiger partial charge in [-0.1, -0.05) is 6.07 Å². The summed E-state index contributed by atoms with van der Waals surface area (Å²) in [4.78, 5) is 0. The van der Waals surface area contributed by atoms with Crippen molar-refractivity contribution in [2.24, 2.45) is 7.05 Å². The number of aryl methyl sites for hydroxylation is 1. The summed E-state index contributed by atoms with van der Waals surface area (Å²) in [6, 6.07) is 4.77. The molecule has 0 unspecified atom stereocenters. The van der Waals surface area contributed by atoms with Gasteiger partial charge in [-0.3, -0.25) is 4.68 Å². The van der Waals surface area contributed by atoms with Crippen LogP contribution in [0.15, 0.2) is 24.4 Å². The molecule has 1 aromatic heterocycles.